The van der Waals surface area contributed by atoms with Gasteiger partial charge in [-0.15, -0.1) is 0 Å². The number of halogens is 3. The van der Waals surface area contributed by atoms with Gasteiger partial charge >= 0.3 is 0 Å². The zero-order valence-electron chi connectivity index (χ0n) is 19.3. The van der Waals surface area contributed by atoms with Crippen LogP contribution >= 0.6 is 0 Å². The molecule has 2 aliphatic rings. The van der Waals surface area contributed by atoms with Gasteiger partial charge < -0.3 is 15.2 Å². The Bertz CT molecular complexity index is 1240. The van der Waals surface area contributed by atoms with Crippen LogP contribution in [0.1, 0.15) is 38.2 Å². The van der Waals surface area contributed by atoms with Crippen LogP contribution in [-0.4, -0.2) is 75.7 Å². The van der Waals surface area contributed by atoms with E-state index < -0.39 is 59.3 Å². The third-order valence-electron chi connectivity index (χ3n) is 6.27. The van der Waals surface area contributed by atoms with Crippen LogP contribution in [0.2, 0.25) is 0 Å². The summed E-state index contributed by atoms with van der Waals surface area (Å²) in [6.07, 6.45) is -1.52. The number of nitriles is 1. The monoisotopic (exact) mass is 526 g/mol. The van der Waals surface area contributed by atoms with Crippen molar-refractivity contribution < 1.29 is 31.4 Å². The number of aromatic nitrogens is 3. The minimum atomic E-state index is -3.95. The number of pyridine rings is 1. The number of sulfonamides is 1. The van der Waals surface area contributed by atoms with E-state index in [4.69, 9.17) is 4.74 Å². The molecule has 0 bridgehead atoms. The van der Waals surface area contributed by atoms with Crippen LogP contribution in [0.5, 0.6) is 5.88 Å². The van der Waals surface area contributed by atoms with Crippen molar-refractivity contribution in [2.45, 2.75) is 67.5 Å². The number of ether oxygens (including phenoxy) is 1. The fraction of sp³-hybridized carbons (Fsp3) is 0.545. The molecule has 1 aliphatic heterocycles. The first-order valence-corrected chi connectivity index (χ1v) is 12.7. The van der Waals surface area contributed by atoms with Crippen LogP contribution in [0, 0.1) is 11.3 Å². The molecule has 0 aromatic carbocycles. The molecule has 0 amide bonds. The number of hydrogen-bond acceptors (Lipinski definition) is 9. The third kappa shape index (κ3) is 5.53. The predicted molar refractivity (Wildman–Crippen MR) is 121 cm³/mol. The lowest BCUT2D eigenvalue weighted by Gasteiger charge is -2.40. The van der Waals surface area contributed by atoms with Gasteiger partial charge in [-0.1, -0.05) is 6.07 Å². The van der Waals surface area contributed by atoms with Crippen molar-refractivity contribution in [3.05, 3.63) is 36.2 Å². The van der Waals surface area contributed by atoms with E-state index in [0.717, 1.165) is 10.5 Å². The lowest BCUT2D eigenvalue weighted by Crippen LogP contribution is -2.51. The Labute approximate surface area is 206 Å². The molecule has 10 nitrogen and oxygen atoms in total. The Morgan fingerprint density at radius 3 is 2.72 bits per heavy atom. The molecule has 1 saturated carbocycles. The predicted octanol–water partition coefficient (Wildman–Crippen LogP) is 2.27. The summed E-state index contributed by atoms with van der Waals surface area (Å²) in [6, 6.07) is 5.45. The topological polar surface area (TPSA) is 141 Å². The molecule has 0 unspecified atom stereocenters. The summed E-state index contributed by atoms with van der Waals surface area (Å²) in [5, 5.41) is 22.5. The second kappa shape index (κ2) is 9.79. The van der Waals surface area contributed by atoms with Crippen LogP contribution in [0.15, 0.2) is 35.6 Å². The SMILES string of the molecule is C[C@]1(O)CC(F)(F)CC[C@H]1Oc1nc(N[C@@H]2CCN(S(=O)(=O)c3ccccn3)C[C@H]2F)ncc1C#N. The summed E-state index contributed by atoms with van der Waals surface area (Å²) in [4.78, 5) is 11.9. The molecule has 3 heterocycles. The first kappa shape index (κ1) is 26.1. The highest BCUT2D eigenvalue weighted by molar-refractivity contribution is 7.89. The molecule has 14 heteroatoms. The Kier molecular flexibility index (Phi) is 7.09. The molecule has 0 radical (unpaired) electrons. The van der Waals surface area contributed by atoms with Crippen molar-refractivity contribution in [1.82, 2.24) is 19.3 Å². The van der Waals surface area contributed by atoms with E-state index in [0.29, 0.717) is 0 Å². The summed E-state index contributed by atoms with van der Waals surface area (Å²) in [7, 11) is -3.95. The second-order valence-electron chi connectivity index (χ2n) is 9.15. The van der Waals surface area contributed by atoms with E-state index in [1.807, 2.05) is 6.07 Å². The molecular weight excluding hydrogens is 501 g/mol. The molecule has 2 N–H and O–H groups in total. The number of nitrogens with zero attached hydrogens (tertiary/aromatic N) is 5. The maximum atomic E-state index is 15.0. The van der Waals surface area contributed by atoms with Gasteiger partial charge in [0.1, 0.15) is 29.5 Å². The number of aliphatic hydroxyl groups is 1. The fourth-order valence-corrected chi connectivity index (χ4v) is 5.75. The van der Waals surface area contributed by atoms with Crippen molar-refractivity contribution in [2.75, 3.05) is 18.4 Å². The summed E-state index contributed by atoms with van der Waals surface area (Å²) >= 11 is 0. The maximum Gasteiger partial charge on any atom is 0.260 e. The lowest BCUT2D eigenvalue weighted by molar-refractivity contribution is -0.162. The average Bonchev–Trinajstić information content (AvgIpc) is 2.82. The van der Waals surface area contributed by atoms with Gasteiger partial charge in [0.25, 0.3) is 15.9 Å². The molecule has 2 fully saturated rings. The normalized spacial score (nSPS) is 28.7. The van der Waals surface area contributed by atoms with Crippen molar-refractivity contribution >= 4 is 16.0 Å². The first-order valence-electron chi connectivity index (χ1n) is 11.3. The van der Waals surface area contributed by atoms with Crippen LogP contribution in [0.3, 0.4) is 0 Å². The quantitative estimate of drug-likeness (QED) is 0.580. The molecular formula is C22H25F3N6O4S. The van der Waals surface area contributed by atoms with Crippen molar-refractivity contribution in [1.29, 1.82) is 5.26 Å². The molecule has 194 valence electrons. The number of nitrogens with one attached hydrogen (secondary N) is 1. The van der Waals surface area contributed by atoms with E-state index in [1.165, 1.54) is 25.3 Å². The molecule has 1 saturated heterocycles. The summed E-state index contributed by atoms with van der Waals surface area (Å²) in [5.41, 5.74) is -1.94. The van der Waals surface area contributed by atoms with E-state index >= 15 is 0 Å². The Morgan fingerprint density at radius 2 is 2.08 bits per heavy atom. The summed E-state index contributed by atoms with van der Waals surface area (Å²) in [6.45, 7) is 0.850. The van der Waals surface area contributed by atoms with E-state index in [-0.39, 0.29) is 41.8 Å². The zero-order chi connectivity index (χ0) is 26.1. The molecule has 0 spiro atoms. The molecule has 4 rings (SSSR count). The molecule has 36 heavy (non-hydrogen) atoms. The summed E-state index contributed by atoms with van der Waals surface area (Å²) < 4.78 is 74.6. The van der Waals surface area contributed by atoms with Crippen LogP contribution < -0.4 is 10.1 Å². The van der Waals surface area contributed by atoms with Gasteiger partial charge in [0, 0.05) is 32.1 Å². The van der Waals surface area contributed by atoms with Crippen LogP contribution in [-0.2, 0) is 10.0 Å². The van der Waals surface area contributed by atoms with Gasteiger partial charge in [0.15, 0.2) is 5.03 Å². The minimum Gasteiger partial charge on any atom is -0.470 e. The Balaban J connectivity index is 1.45. The largest absolute Gasteiger partial charge is 0.470 e. The average molecular weight is 527 g/mol. The highest BCUT2D eigenvalue weighted by atomic mass is 32.2. The van der Waals surface area contributed by atoms with Crippen molar-refractivity contribution in [3.8, 4) is 11.9 Å². The fourth-order valence-electron chi connectivity index (χ4n) is 4.36. The van der Waals surface area contributed by atoms with Gasteiger partial charge in [-0.05, 0) is 31.9 Å². The Hall–Kier alpha value is -3.02. The Morgan fingerprint density at radius 1 is 1.31 bits per heavy atom. The molecule has 2 aromatic heterocycles. The van der Waals surface area contributed by atoms with Gasteiger partial charge in [0.2, 0.25) is 11.8 Å². The second-order valence-corrected chi connectivity index (χ2v) is 11.0. The smallest absolute Gasteiger partial charge is 0.260 e. The van der Waals surface area contributed by atoms with E-state index in [2.05, 4.69) is 20.3 Å². The third-order valence-corrected chi connectivity index (χ3v) is 8.05. The van der Waals surface area contributed by atoms with Crippen molar-refractivity contribution in [2.24, 2.45) is 0 Å². The van der Waals surface area contributed by atoms with Gasteiger partial charge in [-0.3, -0.25) is 0 Å². The van der Waals surface area contributed by atoms with Gasteiger partial charge in [0.05, 0.1) is 12.2 Å². The number of hydrogen-bond donors (Lipinski definition) is 2. The highest BCUT2D eigenvalue weighted by Gasteiger charge is 2.49. The standard InChI is InChI=1S/C22H25F3N6O4S/c1-21(32)13-22(24,25)7-5-17(21)35-19-14(10-26)11-28-20(30-19)29-16-6-9-31(12-15(16)23)36(33,34)18-4-2-3-8-27-18/h2-4,8,11,15-17,32H,5-7,9,12-13H2,1H3,(H,28,29,30)/t15-,16-,17-,21+/m1/s1. The van der Waals surface area contributed by atoms with Crippen LogP contribution in [0.25, 0.3) is 0 Å². The first-order chi connectivity index (χ1) is 16.9. The number of anilines is 1. The maximum absolute atomic E-state index is 15.0. The minimum absolute atomic E-state index is 0.0236. The highest BCUT2D eigenvalue weighted by Crippen LogP contribution is 2.41. The molecule has 2 aromatic rings. The number of rotatable bonds is 6. The molecule has 4 atom stereocenters. The number of piperidine rings is 1. The van der Waals surface area contributed by atoms with Crippen LogP contribution in [0.4, 0.5) is 19.1 Å². The lowest BCUT2D eigenvalue weighted by atomic mass is 9.81. The summed E-state index contributed by atoms with van der Waals surface area (Å²) in [5.74, 6) is -3.34. The number of alkyl halides is 3. The van der Waals surface area contributed by atoms with E-state index in [1.54, 1.807) is 6.07 Å². The van der Waals surface area contributed by atoms with Crippen molar-refractivity contribution in [3.63, 3.8) is 0 Å². The van der Waals surface area contributed by atoms with E-state index in [9.17, 15) is 32.0 Å². The van der Waals surface area contributed by atoms with Gasteiger partial charge in [-0.25, -0.2) is 31.6 Å². The van der Waals surface area contributed by atoms with Gasteiger partial charge in [-0.2, -0.15) is 14.6 Å². The zero-order valence-corrected chi connectivity index (χ0v) is 20.1. The molecule has 1 aliphatic carbocycles.